The lowest BCUT2D eigenvalue weighted by atomic mass is 10.1. The fourth-order valence-corrected chi connectivity index (χ4v) is 3.47. The zero-order valence-corrected chi connectivity index (χ0v) is 16.3. The maximum atomic E-state index is 12.1. The molecular weight excluding hydrogens is 382 g/mol. The summed E-state index contributed by atoms with van der Waals surface area (Å²) in [6.07, 6.45) is 1.91. The van der Waals surface area contributed by atoms with Crippen molar-refractivity contribution in [1.29, 1.82) is 0 Å². The summed E-state index contributed by atoms with van der Waals surface area (Å²) >= 11 is 7.59. The van der Waals surface area contributed by atoms with E-state index in [9.17, 15) is 4.79 Å². The SMILES string of the molecule is COc1ccc(NC(=O)CCSc2cc(-c3ccccc3)ncn2)cc1Cl. The molecule has 0 saturated heterocycles. The molecule has 0 aliphatic carbocycles. The van der Waals surface area contributed by atoms with Crippen LogP contribution in [0.25, 0.3) is 11.3 Å². The molecule has 27 heavy (non-hydrogen) atoms. The first kappa shape index (κ1) is 19.2. The molecule has 3 aromatic rings. The van der Waals surface area contributed by atoms with Crippen molar-refractivity contribution < 1.29 is 9.53 Å². The van der Waals surface area contributed by atoms with E-state index in [-0.39, 0.29) is 5.91 Å². The average Bonchev–Trinajstić information content (AvgIpc) is 2.69. The molecule has 0 fully saturated rings. The van der Waals surface area contributed by atoms with Crippen LogP contribution in [-0.4, -0.2) is 28.7 Å². The van der Waals surface area contributed by atoms with Gasteiger partial charge < -0.3 is 10.1 Å². The van der Waals surface area contributed by atoms with Gasteiger partial charge in [-0.1, -0.05) is 41.9 Å². The second-order valence-corrected chi connectivity index (χ2v) is 7.13. The van der Waals surface area contributed by atoms with Crippen LogP contribution in [-0.2, 0) is 4.79 Å². The Labute approximate surface area is 167 Å². The smallest absolute Gasteiger partial charge is 0.225 e. The molecule has 2 aromatic carbocycles. The Bertz CT molecular complexity index is 922. The van der Waals surface area contributed by atoms with Crippen LogP contribution in [0.5, 0.6) is 5.75 Å². The molecule has 5 nitrogen and oxygen atoms in total. The van der Waals surface area contributed by atoms with Crippen molar-refractivity contribution >= 4 is 35.0 Å². The van der Waals surface area contributed by atoms with Gasteiger partial charge in [0.25, 0.3) is 0 Å². The molecule has 0 aliphatic rings. The van der Waals surface area contributed by atoms with Crippen LogP contribution in [0.15, 0.2) is 66.0 Å². The van der Waals surface area contributed by atoms with E-state index in [2.05, 4.69) is 15.3 Å². The Morgan fingerprint density at radius 1 is 1.15 bits per heavy atom. The Morgan fingerprint density at radius 2 is 1.96 bits per heavy atom. The van der Waals surface area contributed by atoms with E-state index < -0.39 is 0 Å². The van der Waals surface area contributed by atoms with E-state index in [0.717, 1.165) is 16.3 Å². The Hall–Kier alpha value is -2.57. The van der Waals surface area contributed by atoms with E-state index in [1.165, 1.54) is 11.8 Å². The first-order chi connectivity index (χ1) is 13.2. The van der Waals surface area contributed by atoms with E-state index in [1.54, 1.807) is 31.6 Å². The number of hydrogen-bond acceptors (Lipinski definition) is 5. The van der Waals surface area contributed by atoms with Crippen molar-refractivity contribution in [2.24, 2.45) is 0 Å². The zero-order valence-electron chi connectivity index (χ0n) is 14.7. The van der Waals surface area contributed by atoms with Crippen LogP contribution in [0.1, 0.15) is 6.42 Å². The molecule has 0 spiro atoms. The summed E-state index contributed by atoms with van der Waals surface area (Å²) in [6, 6.07) is 17.0. The second-order valence-electron chi connectivity index (χ2n) is 5.60. The van der Waals surface area contributed by atoms with Gasteiger partial charge in [-0.3, -0.25) is 4.79 Å². The van der Waals surface area contributed by atoms with Gasteiger partial charge in [-0.25, -0.2) is 9.97 Å². The van der Waals surface area contributed by atoms with Gasteiger partial charge in [0.2, 0.25) is 5.91 Å². The lowest BCUT2D eigenvalue weighted by molar-refractivity contribution is -0.115. The molecule has 7 heteroatoms. The Morgan fingerprint density at radius 3 is 2.70 bits per heavy atom. The van der Waals surface area contributed by atoms with E-state index in [0.29, 0.717) is 28.6 Å². The number of carbonyl (C=O) groups is 1. The number of benzene rings is 2. The first-order valence-electron chi connectivity index (χ1n) is 8.29. The minimum atomic E-state index is -0.0823. The number of carbonyl (C=O) groups excluding carboxylic acids is 1. The number of thioether (sulfide) groups is 1. The number of ether oxygens (including phenoxy) is 1. The minimum Gasteiger partial charge on any atom is -0.495 e. The van der Waals surface area contributed by atoms with Crippen molar-refractivity contribution in [2.45, 2.75) is 11.4 Å². The van der Waals surface area contributed by atoms with Gasteiger partial charge in [0, 0.05) is 23.4 Å². The van der Waals surface area contributed by atoms with E-state index in [4.69, 9.17) is 16.3 Å². The highest BCUT2D eigenvalue weighted by Crippen LogP contribution is 2.27. The van der Waals surface area contributed by atoms with Crippen LogP contribution in [0.4, 0.5) is 5.69 Å². The highest BCUT2D eigenvalue weighted by atomic mass is 35.5. The number of nitrogens with zero attached hydrogens (tertiary/aromatic N) is 2. The predicted molar refractivity (Wildman–Crippen MR) is 109 cm³/mol. The molecule has 1 aromatic heterocycles. The monoisotopic (exact) mass is 399 g/mol. The molecule has 1 heterocycles. The quantitative estimate of drug-likeness (QED) is 0.451. The summed E-state index contributed by atoms with van der Waals surface area (Å²) in [5.41, 5.74) is 2.55. The average molecular weight is 400 g/mol. The standard InChI is InChI=1S/C20H18ClN3O2S/c1-26-18-8-7-15(11-16(18)21)24-19(25)9-10-27-20-12-17(22-13-23-20)14-5-3-2-4-6-14/h2-8,11-13H,9-10H2,1H3,(H,24,25). The summed E-state index contributed by atoms with van der Waals surface area (Å²) in [5, 5.41) is 4.13. The summed E-state index contributed by atoms with van der Waals surface area (Å²) < 4.78 is 5.10. The normalized spacial score (nSPS) is 10.4. The molecule has 0 atom stereocenters. The molecule has 1 amide bonds. The molecule has 1 N–H and O–H groups in total. The van der Waals surface area contributed by atoms with Gasteiger partial charge in [0.1, 0.15) is 12.1 Å². The maximum Gasteiger partial charge on any atom is 0.225 e. The number of nitrogens with one attached hydrogen (secondary N) is 1. The predicted octanol–water partition coefficient (Wildman–Crippen LogP) is 4.93. The molecule has 0 radical (unpaired) electrons. The number of amides is 1. The fourth-order valence-electron chi connectivity index (χ4n) is 2.40. The molecular formula is C20H18ClN3O2S. The van der Waals surface area contributed by atoms with Crippen molar-refractivity contribution in [3.63, 3.8) is 0 Å². The molecule has 0 bridgehead atoms. The van der Waals surface area contributed by atoms with Crippen LogP contribution in [0.2, 0.25) is 5.02 Å². The second kappa shape index (κ2) is 9.39. The van der Waals surface area contributed by atoms with Gasteiger partial charge in [-0.15, -0.1) is 11.8 Å². The third-order valence-electron chi connectivity index (χ3n) is 3.73. The number of aromatic nitrogens is 2. The summed E-state index contributed by atoms with van der Waals surface area (Å²) in [5.74, 6) is 1.10. The minimum absolute atomic E-state index is 0.0823. The fraction of sp³-hybridized carbons (Fsp3) is 0.150. The summed E-state index contributed by atoms with van der Waals surface area (Å²) in [7, 11) is 1.55. The van der Waals surface area contributed by atoms with Crippen LogP contribution in [0, 0.1) is 0 Å². The lowest BCUT2D eigenvalue weighted by Crippen LogP contribution is -2.12. The third-order valence-corrected chi connectivity index (χ3v) is 4.95. The number of rotatable bonds is 7. The summed E-state index contributed by atoms with van der Waals surface area (Å²) in [6.45, 7) is 0. The van der Waals surface area contributed by atoms with Gasteiger partial charge in [-0.2, -0.15) is 0 Å². The number of methoxy groups -OCH3 is 1. The van der Waals surface area contributed by atoms with Gasteiger partial charge in [-0.05, 0) is 24.3 Å². The first-order valence-corrected chi connectivity index (χ1v) is 9.66. The molecule has 0 saturated carbocycles. The van der Waals surface area contributed by atoms with E-state index >= 15 is 0 Å². The summed E-state index contributed by atoms with van der Waals surface area (Å²) in [4.78, 5) is 20.7. The topological polar surface area (TPSA) is 64.1 Å². The van der Waals surface area contributed by atoms with E-state index in [1.807, 2.05) is 36.4 Å². The number of anilines is 1. The van der Waals surface area contributed by atoms with Crippen molar-refractivity contribution in [2.75, 3.05) is 18.2 Å². The van der Waals surface area contributed by atoms with Crippen molar-refractivity contribution in [1.82, 2.24) is 9.97 Å². The van der Waals surface area contributed by atoms with Gasteiger partial charge >= 0.3 is 0 Å². The third kappa shape index (κ3) is 5.45. The zero-order chi connectivity index (χ0) is 19.1. The van der Waals surface area contributed by atoms with Crippen molar-refractivity contribution in [3.8, 4) is 17.0 Å². The van der Waals surface area contributed by atoms with Gasteiger partial charge in [0.05, 0.1) is 22.9 Å². The maximum absolute atomic E-state index is 12.1. The number of halogens is 1. The molecule has 3 rings (SSSR count). The Kier molecular flexibility index (Phi) is 6.68. The Balaban J connectivity index is 1.52. The largest absolute Gasteiger partial charge is 0.495 e. The van der Waals surface area contributed by atoms with Crippen LogP contribution < -0.4 is 10.1 Å². The highest BCUT2D eigenvalue weighted by Gasteiger charge is 2.07. The van der Waals surface area contributed by atoms with Gasteiger partial charge in [0.15, 0.2) is 0 Å². The molecule has 0 unspecified atom stereocenters. The molecule has 138 valence electrons. The lowest BCUT2D eigenvalue weighted by Gasteiger charge is -2.08. The number of hydrogen-bond donors (Lipinski definition) is 1. The highest BCUT2D eigenvalue weighted by molar-refractivity contribution is 7.99. The van der Waals surface area contributed by atoms with Crippen molar-refractivity contribution in [3.05, 3.63) is 65.9 Å². The molecule has 0 aliphatic heterocycles. The van der Waals surface area contributed by atoms with Crippen LogP contribution >= 0.6 is 23.4 Å². The van der Waals surface area contributed by atoms with Crippen LogP contribution in [0.3, 0.4) is 0 Å².